The zero-order chi connectivity index (χ0) is 18.2. The lowest BCUT2D eigenvalue weighted by Crippen LogP contribution is -2.98. The number of rotatable bonds is 6. The summed E-state index contributed by atoms with van der Waals surface area (Å²) >= 11 is 3.18. The van der Waals surface area contributed by atoms with Gasteiger partial charge in [0.2, 0.25) is 17.4 Å². The zero-order valence-electron chi connectivity index (χ0n) is 14.6. The second kappa shape index (κ2) is 7.09. The fraction of sp³-hybridized carbons (Fsp3) is 0.588. The Bertz CT molecular complexity index is 678. The predicted molar refractivity (Wildman–Crippen MR) is 96.1 cm³/mol. The highest BCUT2D eigenvalue weighted by Gasteiger charge is 2.71. The number of ether oxygens (including phenoxy) is 1. The van der Waals surface area contributed by atoms with Crippen LogP contribution in [0.15, 0.2) is 17.5 Å². The number of carbonyl (C=O) groups is 3. The van der Waals surface area contributed by atoms with Crippen molar-refractivity contribution in [2.24, 2.45) is 11.8 Å². The van der Waals surface area contributed by atoms with Crippen molar-refractivity contribution in [3.8, 4) is 0 Å². The molecule has 2 saturated heterocycles. The monoisotopic (exact) mass is 383 g/mol. The Balaban J connectivity index is 2.09. The minimum Gasteiger partial charge on any atom is -0.461 e. The Hall–Kier alpha value is -1.38. The van der Waals surface area contributed by atoms with Gasteiger partial charge >= 0.3 is 5.97 Å². The third kappa shape index (κ3) is 2.80. The highest BCUT2D eigenvalue weighted by molar-refractivity contribution is 7.98. The van der Waals surface area contributed by atoms with Crippen molar-refractivity contribution in [2.45, 2.75) is 24.9 Å². The van der Waals surface area contributed by atoms with Crippen molar-refractivity contribution in [2.75, 3.05) is 25.7 Å². The lowest BCUT2D eigenvalue weighted by Gasteiger charge is -2.28. The summed E-state index contributed by atoms with van der Waals surface area (Å²) in [5.41, 5.74) is -1.03. The number of carbonyl (C=O) groups excluding carboxylic acids is 3. The SMILES string of the molecule is CCOC(=O)[C@]1(CCSC)[NH2+][C@@H](c2cccs2)[C@H]2C(=O)N(C)C(=O)[C@@H]21. The molecule has 2 aliphatic heterocycles. The van der Waals surface area contributed by atoms with Crippen molar-refractivity contribution in [3.05, 3.63) is 22.4 Å². The normalized spacial score (nSPS) is 31.5. The average Bonchev–Trinajstić information content (AvgIpc) is 3.28. The standard InChI is InChI=1S/C17H22N2O4S2/c1-4-23-16(22)17(7-9-24-3)12-11(14(20)19(2)15(12)21)13(18-17)10-6-5-8-25-10/h5-6,8,11-13,18H,4,7,9H2,1-3H3/p+1/t11-,12+,13-,17+/m0/s1. The second-order valence-electron chi connectivity index (χ2n) is 6.45. The molecule has 0 bridgehead atoms. The number of hydrogen-bond donors (Lipinski definition) is 1. The minimum atomic E-state index is -1.03. The smallest absolute Gasteiger partial charge is 0.368 e. The minimum absolute atomic E-state index is 0.194. The quantitative estimate of drug-likeness (QED) is 0.576. The molecule has 3 heterocycles. The van der Waals surface area contributed by atoms with Gasteiger partial charge in [-0.25, -0.2) is 4.79 Å². The molecule has 8 heteroatoms. The summed E-state index contributed by atoms with van der Waals surface area (Å²) in [6, 6.07) is 3.67. The van der Waals surface area contributed by atoms with Crippen LogP contribution < -0.4 is 5.32 Å². The molecule has 2 fully saturated rings. The van der Waals surface area contributed by atoms with E-state index < -0.39 is 17.4 Å². The molecule has 0 unspecified atom stereocenters. The van der Waals surface area contributed by atoms with Gasteiger partial charge in [-0.05, 0) is 30.4 Å². The van der Waals surface area contributed by atoms with E-state index in [0.29, 0.717) is 6.42 Å². The topological polar surface area (TPSA) is 80.3 Å². The molecule has 3 rings (SSSR count). The van der Waals surface area contributed by atoms with Crippen LogP contribution in [0.5, 0.6) is 0 Å². The summed E-state index contributed by atoms with van der Waals surface area (Å²) in [6.45, 7) is 2.02. The number of imide groups is 1. The number of amides is 2. The van der Waals surface area contributed by atoms with Crippen LogP contribution in [-0.2, 0) is 19.1 Å². The van der Waals surface area contributed by atoms with Gasteiger partial charge in [-0.2, -0.15) is 11.8 Å². The largest absolute Gasteiger partial charge is 0.461 e. The Morgan fingerprint density at radius 1 is 1.44 bits per heavy atom. The van der Waals surface area contributed by atoms with E-state index >= 15 is 0 Å². The molecule has 0 saturated carbocycles. The summed E-state index contributed by atoms with van der Waals surface area (Å²) in [5.74, 6) is -1.29. The number of likely N-dealkylation sites (tertiary alicyclic amines) is 1. The van der Waals surface area contributed by atoms with Crippen LogP contribution in [0.3, 0.4) is 0 Å². The zero-order valence-corrected chi connectivity index (χ0v) is 16.2. The average molecular weight is 384 g/mol. The number of nitrogens with two attached hydrogens (primary N) is 1. The first-order valence-electron chi connectivity index (χ1n) is 8.35. The maximum Gasteiger partial charge on any atom is 0.368 e. The molecule has 0 spiro atoms. The van der Waals surface area contributed by atoms with Gasteiger partial charge in [-0.15, -0.1) is 11.3 Å². The van der Waals surface area contributed by atoms with Crippen LogP contribution in [0.4, 0.5) is 0 Å². The molecule has 136 valence electrons. The fourth-order valence-corrected chi connectivity index (χ4v) is 5.46. The van der Waals surface area contributed by atoms with Gasteiger partial charge in [-0.1, -0.05) is 6.07 Å². The van der Waals surface area contributed by atoms with Crippen molar-refractivity contribution in [1.29, 1.82) is 0 Å². The third-order valence-corrected chi connectivity index (χ3v) is 6.82. The van der Waals surface area contributed by atoms with Crippen LogP contribution in [-0.4, -0.2) is 53.9 Å². The number of fused-ring (bicyclic) bond motifs is 1. The number of thiophene rings is 1. The van der Waals surface area contributed by atoms with Crippen molar-refractivity contribution in [3.63, 3.8) is 0 Å². The lowest BCUT2D eigenvalue weighted by atomic mass is 9.78. The summed E-state index contributed by atoms with van der Waals surface area (Å²) in [6.07, 6.45) is 2.47. The molecular weight excluding hydrogens is 360 g/mol. The molecule has 4 atom stereocenters. The van der Waals surface area contributed by atoms with Gasteiger partial charge < -0.3 is 10.1 Å². The first-order chi connectivity index (χ1) is 12.0. The van der Waals surface area contributed by atoms with E-state index in [9.17, 15) is 14.4 Å². The van der Waals surface area contributed by atoms with Crippen molar-refractivity contribution in [1.82, 2.24) is 4.90 Å². The molecule has 0 aliphatic carbocycles. The maximum absolute atomic E-state index is 12.9. The molecule has 1 aromatic rings. The second-order valence-corrected chi connectivity index (χ2v) is 8.42. The summed E-state index contributed by atoms with van der Waals surface area (Å²) in [5, 5.41) is 3.89. The Labute approximate surface area is 155 Å². The number of nitrogens with zero attached hydrogens (tertiary/aromatic N) is 1. The van der Waals surface area contributed by atoms with E-state index in [4.69, 9.17) is 4.74 Å². The fourth-order valence-electron chi connectivity index (χ4n) is 4.08. The molecular formula is C17H23N2O4S2+. The number of quaternary nitrogens is 1. The van der Waals surface area contributed by atoms with Gasteiger partial charge in [0.1, 0.15) is 17.9 Å². The number of esters is 1. The Morgan fingerprint density at radius 3 is 2.80 bits per heavy atom. The summed E-state index contributed by atoms with van der Waals surface area (Å²) in [7, 11) is 1.51. The van der Waals surface area contributed by atoms with Gasteiger partial charge in [0.25, 0.3) is 0 Å². The highest BCUT2D eigenvalue weighted by Crippen LogP contribution is 2.46. The van der Waals surface area contributed by atoms with Crippen LogP contribution in [0, 0.1) is 11.8 Å². The van der Waals surface area contributed by atoms with E-state index in [1.807, 2.05) is 29.1 Å². The maximum atomic E-state index is 12.9. The Kier molecular flexibility index (Phi) is 5.22. The molecule has 2 amide bonds. The van der Waals surface area contributed by atoms with Gasteiger partial charge in [0.15, 0.2) is 0 Å². The van der Waals surface area contributed by atoms with E-state index in [2.05, 4.69) is 0 Å². The van der Waals surface area contributed by atoms with Crippen LogP contribution in [0.2, 0.25) is 0 Å². The van der Waals surface area contributed by atoms with Gasteiger partial charge in [0, 0.05) is 13.5 Å². The Morgan fingerprint density at radius 2 is 2.20 bits per heavy atom. The molecule has 2 aliphatic rings. The highest BCUT2D eigenvalue weighted by atomic mass is 32.2. The molecule has 0 aromatic carbocycles. The molecule has 0 radical (unpaired) electrons. The van der Waals surface area contributed by atoms with Crippen LogP contribution in [0.1, 0.15) is 24.3 Å². The lowest BCUT2D eigenvalue weighted by molar-refractivity contribution is -0.734. The number of thioether (sulfide) groups is 1. The molecule has 6 nitrogen and oxygen atoms in total. The van der Waals surface area contributed by atoms with Crippen LogP contribution in [0.25, 0.3) is 0 Å². The van der Waals surface area contributed by atoms with Gasteiger partial charge in [0.05, 0.1) is 11.5 Å². The summed E-state index contributed by atoms with van der Waals surface area (Å²) in [4.78, 5) is 40.8. The first-order valence-corrected chi connectivity index (χ1v) is 10.6. The summed E-state index contributed by atoms with van der Waals surface area (Å²) < 4.78 is 5.36. The molecule has 2 N–H and O–H groups in total. The predicted octanol–water partition coefficient (Wildman–Crippen LogP) is 0.652. The van der Waals surface area contributed by atoms with Crippen molar-refractivity contribution >= 4 is 40.9 Å². The van der Waals surface area contributed by atoms with E-state index in [0.717, 1.165) is 10.6 Å². The van der Waals surface area contributed by atoms with E-state index in [1.165, 1.54) is 11.9 Å². The van der Waals surface area contributed by atoms with E-state index in [1.54, 1.807) is 30.0 Å². The molecule has 25 heavy (non-hydrogen) atoms. The first kappa shape index (κ1) is 18.4. The number of hydrogen-bond acceptors (Lipinski definition) is 6. The molecule has 1 aromatic heterocycles. The third-order valence-electron chi connectivity index (χ3n) is 5.24. The van der Waals surface area contributed by atoms with E-state index in [-0.39, 0.29) is 30.4 Å². The van der Waals surface area contributed by atoms with Crippen LogP contribution >= 0.6 is 23.1 Å². The van der Waals surface area contributed by atoms with Crippen molar-refractivity contribution < 1.29 is 24.4 Å². The van der Waals surface area contributed by atoms with Gasteiger partial charge in [-0.3, -0.25) is 14.5 Å².